The second kappa shape index (κ2) is 8.61. The number of hydrogen-bond acceptors (Lipinski definition) is 3. The van der Waals surface area contributed by atoms with Crippen LogP contribution in [0.1, 0.15) is 18.9 Å². The summed E-state index contributed by atoms with van der Waals surface area (Å²) in [7, 11) is 0. The van der Waals surface area contributed by atoms with Crippen molar-refractivity contribution in [2.24, 2.45) is 4.99 Å². The van der Waals surface area contributed by atoms with Gasteiger partial charge in [0.2, 0.25) is 0 Å². The first-order chi connectivity index (χ1) is 13.3. The largest absolute Gasteiger partial charge is 0.364 e. The molecule has 1 saturated heterocycles. The average molecular weight is 366 g/mol. The summed E-state index contributed by atoms with van der Waals surface area (Å²) in [6.07, 6.45) is 10.2. The summed E-state index contributed by atoms with van der Waals surface area (Å²) in [6, 6.07) is 9.51. The lowest BCUT2D eigenvalue weighted by Crippen LogP contribution is -2.42. The number of anilines is 1. The van der Waals surface area contributed by atoms with Crippen LogP contribution in [0.4, 0.5) is 5.69 Å². The quantitative estimate of drug-likeness (QED) is 0.494. The highest BCUT2D eigenvalue weighted by molar-refractivity contribution is 5.80. The fourth-order valence-electron chi connectivity index (χ4n) is 4.12. The van der Waals surface area contributed by atoms with E-state index in [9.17, 15) is 0 Å². The summed E-state index contributed by atoms with van der Waals surface area (Å²) in [5.41, 5.74) is 2.56. The van der Waals surface area contributed by atoms with Crippen molar-refractivity contribution in [1.29, 1.82) is 0 Å². The highest BCUT2D eigenvalue weighted by Crippen LogP contribution is 2.20. The van der Waals surface area contributed by atoms with E-state index in [1.165, 1.54) is 17.7 Å². The molecule has 0 aliphatic carbocycles. The van der Waals surface area contributed by atoms with Gasteiger partial charge < -0.3 is 15.1 Å². The molecule has 0 spiro atoms. The molecule has 3 aliphatic rings. The van der Waals surface area contributed by atoms with Gasteiger partial charge in [0.05, 0.1) is 6.54 Å². The molecule has 1 atom stereocenters. The Bertz CT molecular complexity index is 690. The third kappa shape index (κ3) is 4.35. The van der Waals surface area contributed by atoms with Gasteiger partial charge in [-0.3, -0.25) is 4.90 Å². The van der Waals surface area contributed by atoms with Crippen molar-refractivity contribution in [2.75, 3.05) is 50.7 Å². The van der Waals surface area contributed by atoms with Gasteiger partial charge in [-0.25, -0.2) is 4.99 Å². The van der Waals surface area contributed by atoms with Crippen LogP contribution in [0.3, 0.4) is 0 Å². The molecule has 1 unspecified atom stereocenters. The Morgan fingerprint density at radius 2 is 1.74 bits per heavy atom. The van der Waals surface area contributed by atoms with Crippen LogP contribution in [0.5, 0.6) is 0 Å². The number of nitrogens with one attached hydrogen (secondary N) is 1. The number of hydrogen-bond donors (Lipinski definition) is 1. The smallest absolute Gasteiger partial charge is 0.194 e. The molecule has 0 bridgehead atoms. The highest BCUT2D eigenvalue weighted by Gasteiger charge is 2.29. The van der Waals surface area contributed by atoms with Gasteiger partial charge >= 0.3 is 0 Å². The molecule has 0 saturated carbocycles. The number of nitrogens with zero attached hydrogens (tertiary/aromatic N) is 4. The van der Waals surface area contributed by atoms with Crippen LogP contribution < -0.4 is 10.2 Å². The fraction of sp³-hybridized carbons (Fsp3) is 0.500. The predicted molar refractivity (Wildman–Crippen MR) is 113 cm³/mol. The van der Waals surface area contributed by atoms with E-state index in [-0.39, 0.29) is 0 Å². The number of guanidine groups is 1. The van der Waals surface area contributed by atoms with Crippen molar-refractivity contribution in [1.82, 2.24) is 15.1 Å². The number of aliphatic imine (C=N–C) groups is 1. The maximum atomic E-state index is 4.93. The van der Waals surface area contributed by atoms with Crippen LogP contribution in [-0.4, -0.2) is 67.6 Å². The standard InChI is InChI=1S/C22H31N5/c1-2-23-22(27-16-11-21(18-27)26-14-5-6-15-26)24-17-19-7-9-20(10-8-19)25-12-3-4-13-25/h3-10,21H,2,11-18H2,1H3,(H,23,24). The van der Waals surface area contributed by atoms with Crippen LogP contribution >= 0.6 is 0 Å². The molecule has 0 amide bonds. The van der Waals surface area contributed by atoms with Gasteiger partial charge in [-0.05, 0) is 31.0 Å². The molecule has 1 fully saturated rings. The lowest BCUT2D eigenvalue weighted by Gasteiger charge is -2.25. The van der Waals surface area contributed by atoms with E-state index in [0.29, 0.717) is 6.04 Å². The molecule has 5 heteroatoms. The minimum atomic E-state index is 0.650. The Balaban J connectivity index is 1.36. The zero-order chi connectivity index (χ0) is 18.5. The van der Waals surface area contributed by atoms with Crippen molar-refractivity contribution < 1.29 is 0 Å². The van der Waals surface area contributed by atoms with Crippen LogP contribution in [0.25, 0.3) is 0 Å². The molecular weight excluding hydrogens is 334 g/mol. The van der Waals surface area contributed by atoms with Gasteiger partial charge in [0.1, 0.15) is 0 Å². The Morgan fingerprint density at radius 1 is 1.04 bits per heavy atom. The minimum Gasteiger partial charge on any atom is -0.364 e. The zero-order valence-electron chi connectivity index (χ0n) is 16.3. The third-order valence-electron chi connectivity index (χ3n) is 5.69. The van der Waals surface area contributed by atoms with Crippen molar-refractivity contribution in [3.63, 3.8) is 0 Å². The van der Waals surface area contributed by atoms with Gasteiger partial charge in [0.15, 0.2) is 5.96 Å². The van der Waals surface area contributed by atoms with E-state index >= 15 is 0 Å². The van der Waals surface area contributed by atoms with E-state index in [0.717, 1.165) is 58.3 Å². The van der Waals surface area contributed by atoms with E-state index < -0.39 is 0 Å². The Morgan fingerprint density at radius 3 is 2.44 bits per heavy atom. The van der Waals surface area contributed by atoms with Crippen molar-refractivity contribution in [3.05, 3.63) is 54.1 Å². The fourth-order valence-corrected chi connectivity index (χ4v) is 4.12. The molecule has 144 valence electrons. The van der Waals surface area contributed by atoms with Gasteiger partial charge in [0, 0.05) is 57.5 Å². The van der Waals surface area contributed by atoms with Crippen LogP contribution in [0, 0.1) is 0 Å². The molecular formula is C22H31N5. The summed E-state index contributed by atoms with van der Waals surface area (Å²) in [6.45, 7) is 10.2. The maximum absolute atomic E-state index is 4.93. The predicted octanol–water partition coefficient (Wildman–Crippen LogP) is 2.47. The van der Waals surface area contributed by atoms with Crippen molar-refractivity contribution in [3.8, 4) is 0 Å². The van der Waals surface area contributed by atoms with Gasteiger partial charge in [-0.1, -0.05) is 36.4 Å². The third-order valence-corrected chi connectivity index (χ3v) is 5.69. The Labute approximate surface area is 163 Å². The van der Waals surface area contributed by atoms with E-state index in [1.54, 1.807) is 0 Å². The van der Waals surface area contributed by atoms with Gasteiger partial charge in [-0.2, -0.15) is 0 Å². The van der Waals surface area contributed by atoms with Crippen LogP contribution in [0.2, 0.25) is 0 Å². The first-order valence-electron chi connectivity index (χ1n) is 10.2. The Kier molecular flexibility index (Phi) is 5.78. The summed E-state index contributed by atoms with van der Waals surface area (Å²) < 4.78 is 0. The van der Waals surface area contributed by atoms with E-state index in [4.69, 9.17) is 4.99 Å². The molecule has 0 radical (unpaired) electrons. The summed E-state index contributed by atoms with van der Waals surface area (Å²) in [5, 5.41) is 3.49. The van der Waals surface area contributed by atoms with Crippen molar-refractivity contribution >= 4 is 11.6 Å². The van der Waals surface area contributed by atoms with Gasteiger partial charge in [0.25, 0.3) is 0 Å². The molecule has 1 aromatic carbocycles. The monoisotopic (exact) mass is 365 g/mol. The second-order valence-electron chi connectivity index (χ2n) is 7.53. The molecule has 1 N–H and O–H groups in total. The first kappa shape index (κ1) is 18.1. The summed E-state index contributed by atoms with van der Waals surface area (Å²) >= 11 is 0. The molecule has 27 heavy (non-hydrogen) atoms. The van der Waals surface area contributed by atoms with Gasteiger partial charge in [-0.15, -0.1) is 0 Å². The highest BCUT2D eigenvalue weighted by atomic mass is 15.3. The minimum absolute atomic E-state index is 0.650. The average Bonchev–Trinajstić information content (AvgIpc) is 3.47. The lowest BCUT2D eigenvalue weighted by atomic mass is 10.2. The number of rotatable bonds is 5. The SMILES string of the molecule is CCNC(=NCc1ccc(N2CC=CC2)cc1)N1CCC(N2CC=CC2)C1. The van der Waals surface area contributed by atoms with Crippen LogP contribution in [0.15, 0.2) is 53.6 Å². The molecule has 4 rings (SSSR count). The number of benzene rings is 1. The molecule has 3 heterocycles. The lowest BCUT2D eigenvalue weighted by molar-refractivity contribution is 0.259. The van der Waals surface area contributed by atoms with E-state index in [2.05, 4.69) is 75.5 Å². The maximum Gasteiger partial charge on any atom is 0.194 e. The summed E-state index contributed by atoms with van der Waals surface area (Å²) in [5.74, 6) is 1.06. The zero-order valence-corrected chi connectivity index (χ0v) is 16.3. The molecule has 3 aliphatic heterocycles. The number of likely N-dealkylation sites (tertiary alicyclic amines) is 1. The topological polar surface area (TPSA) is 34.1 Å². The Hall–Kier alpha value is -2.27. The normalized spacial score (nSPS) is 23.0. The van der Waals surface area contributed by atoms with Crippen molar-refractivity contribution in [2.45, 2.75) is 25.9 Å². The summed E-state index contributed by atoms with van der Waals surface area (Å²) in [4.78, 5) is 12.3. The van der Waals surface area contributed by atoms with E-state index in [1.807, 2.05) is 0 Å². The molecule has 1 aromatic rings. The van der Waals surface area contributed by atoms with Crippen LogP contribution in [-0.2, 0) is 6.54 Å². The second-order valence-corrected chi connectivity index (χ2v) is 7.53. The first-order valence-corrected chi connectivity index (χ1v) is 10.2. The molecule has 0 aromatic heterocycles. The molecule has 5 nitrogen and oxygen atoms in total.